The minimum atomic E-state index is 0.611. The first-order valence-corrected chi connectivity index (χ1v) is 6.74. The normalized spacial score (nSPS) is 20.4. The number of nitrogens with zero attached hydrogens (tertiary/aromatic N) is 2. The maximum absolute atomic E-state index is 4.16. The number of aliphatic imine (C=N–C) groups is 1. The standard InChI is InChI=1S/C13H28N4/c1-14-13(15-2)16-10-12(17(3)4)11-8-6-5-7-9-11/h11-12H,5-10H2,1-4H3,(H2,14,15,16). The predicted octanol–water partition coefficient (Wildman–Crippen LogP) is 1.29. The molecule has 0 radical (unpaired) electrons. The van der Waals surface area contributed by atoms with Gasteiger partial charge >= 0.3 is 0 Å². The summed E-state index contributed by atoms with van der Waals surface area (Å²) in [6.07, 6.45) is 6.97. The minimum absolute atomic E-state index is 0.611. The minimum Gasteiger partial charge on any atom is -0.359 e. The Morgan fingerprint density at radius 3 is 2.41 bits per heavy atom. The summed E-state index contributed by atoms with van der Waals surface area (Å²) in [6, 6.07) is 0.611. The van der Waals surface area contributed by atoms with Crippen molar-refractivity contribution in [3.63, 3.8) is 0 Å². The van der Waals surface area contributed by atoms with E-state index < -0.39 is 0 Å². The van der Waals surface area contributed by atoms with Gasteiger partial charge in [0, 0.05) is 26.7 Å². The number of rotatable bonds is 4. The van der Waals surface area contributed by atoms with Crippen LogP contribution >= 0.6 is 0 Å². The van der Waals surface area contributed by atoms with Crippen LogP contribution < -0.4 is 10.6 Å². The molecule has 0 aromatic rings. The van der Waals surface area contributed by atoms with Gasteiger partial charge in [0.1, 0.15) is 0 Å². The van der Waals surface area contributed by atoms with Crippen molar-refractivity contribution in [3.8, 4) is 0 Å². The van der Waals surface area contributed by atoms with E-state index in [2.05, 4.69) is 34.6 Å². The zero-order valence-corrected chi connectivity index (χ0v) is 11.8. The monoisotopic (exact) mass is 240 g/mol. The first kappa shape index (κ1) is 14.3. The molecule has 17 heavy (non-hydrogen) atoms. The summed E-state index contributed by atoms with van der Waals surface area (Å²) in [4.78, 5) is 6.51. The SMILES string of the molecule is CN=C(NC)NCC(C1CCCCC1)N(C)C. The smallest absolute Gasteiger partial charge is 0.190 e. The van der Waals surface area contributed by atoms with Gasteiger partial charge in [-0.15, -0.1) is 0 Å². The van der Waals surface area contributed by atoms with Crippen LogP contribution in [0.5, 0.6) is 0 Å². The van der Waals surface area contributed by atoms with Crippen molar-refractivity contribution in [2.24, 2.45) is 10.9 Å². The molecule has 4 heteroatoms. The van der Waals surface area contributed by atoms with Gasteiger partial charge in [-0.05, 0) is 32.9 Å². The highest BCUT2D eigenvalue weighted by molar-refractivity contribution is 5.79. The molecule has 1 fully saturated rings. The van der Waals surface area contributed by atoms with Crippen molar-refractivity contribution in [1.29, 1.82) is 0 Å². The molecule has 1 unspecified atom stereocenters. The molecule has 0 bridgehead atoms. The van der Waals surface area contributed by atoms with Gasteiger partial charge in [-0.25, -0.2) is 0 Å². The zero-order chi connectivity index (χ0) is 12.7. The second-order valence-electron chi connectivity index (χ2n) is 5.13. The highest BCUT2D eigenvalue weighted by atomic mass is 15.2. The lowest BCUT2D eigenvalue weighted by atomic mass is 9.83. The summed E-state index contributed by atoms with van der Waals surface area (Å²) in [6.45, 7) is 0.977. The Bertz CT molecular complexity index is 232. The third-order valence-electron chi connectivity index (χ3n) is 3.80. The maximum Gasteiger partial charge on any atom is 0.190 e. The molecule has 0 aromatic carbocycles. The second kappa shape index (κ2) is 7.54. The van der Waals surface area contributed by atoms with Gasteiger partial charge in [-0.1, -0.05) is 19.3 Å². The lowest BCUT2D eigenvalue weighted by Gasteiger charge is -2.35. The Morgan fingerprint density at radius 2 is 1.94 bits per heavy atom. The largest absolute Gasteiger partial charge is 0.359 e. The van der Waals surface area contributed by atoms with Crippen molar-refractivity contribution in [2.45, 2.75) is 38.1 Å². The molecule has 2 N–H and O–H groups in total. The summed E-state index contributed by atoms with van der Waals surface area (Å²) < 4.78 is 0. The van der Waals surface area contributed by atoms with E-state index in [1.807, 2.05) is 14.1 Å². The van der Waals surface area contributed by atoms with Crippen molar-refractivity contribution >= 4 is 5.96 Å². The molecule has 0 amide bonds. The van der Waals surface area contributed by atoms with E-state index in [-0.39, 0.29) is 0 Å². The van der Waals surface area contributed by atoms with Crippen LogP contribution in [0, 0.1) is 5.92 Å². The van der Waals surface area contributed by atoms with Gasteiger partial charge in [-0.3, -0.25) is 4.99 Å². The van der Waals surface area contributed by atoms with Crippen LogP contribution in [-0.2, 0) is 0 Å². The summed E-state index contributed by atoms with van der Waals surface area (Å²) in [5, 5.41) is 6.46. The van der Waals surface area contributed by atoms with Crippen molar-refractivity contribution in [3.05, 3.63) is 0 Å². The van der Waals surface area contributed by atoms with E-state index in [1.165, 1.54) is 32.1 Å². The van der Waals surface area contributed by atoms with Gasteiger partial charge in [0.2, 0.25) is 0 Å². The predicted molar refractivity (Wildman–Crippen MR) is 74.5 cm³/mol. The Morgan fingerprint density at radius 1 is 1.29 bits per heavy atom. The summed E-state index contributed by atoms with van der Waals surface area (Å²) in [5.41, 5.74) is 0. The first-order chi connectivity index (χ1) is 8.19. The Hall–Kier alpha value is -0.770. The molecular weight excluding hydrogens is 212 g/mol. The highest BCUT2D eigenvalue weighted by Crippen LogP contribution is 2.27. The molecule has 0 aliphatic heterocycles. The van der Waals surface area contributed by atoms with E-state index in [4.69, 9.17) is 0 Å². The first-order valence-electron chi connectivity index (χ1n) is 6.74. The van der Waals surface area contributed by atoms with Gasteiger partial charge in [0.15, 0.2) is 5.96 Å². The molecule has 0 spiro atoms. The van der Waals surface area contributed by atoms with Gasteiger partial charge in [0.25, 0.3) is 0 Å². The topological polar surface area (TPSA) is 39.7 Å². The molecule has 1 saturated carbocycles. The average Bonchev–Trinajstić information content (AvgIpc) is 2.35. The highest BCUT2D eigenvalue weighted by Gasteiger charge is 2.25. The van der Waals surface area contributed by atoms with E-state index >= 15 is 0 Å². The van der Waals surface area contributed by atoms with Crippen LogP contribution in [0.3, 0.4) is 0 Å². The van der Waals surface area contributed by atoms with Gasteiger partial charge in [0.05, 0.1) is 0 Å². The average molecular weight is 240 g/mol. The van der Waals surface area contributed by atoms with Crippen LogP contribution in [0.2, 0.25) is 0 Å². The molecule has 0 aromatic heterocycles. The molecule has 1 atom stereocenters. The quantitative estimate of drug-likeness (QED) is 0.574. The number of guanidine groups is 1. The molecule has 100 valence electrons. The summed E-state index contributed by atoms with van der Waals surface area (Å²) in [7, 11) is 8.08. The fraction of sp³-hybridized carbons (Fsp3) is 0.923. The second-order valence-corrected chi connectivity index (χ2v) is 5.13. The van der Waals surface area contributed by atoms with E-state index in [0.717, 1.165) is 18.4 Å². The molecule has 0 heterocycles. The number of likely N-dealkylation sites (N-methyl/N-ethyl adjacent to an activating group) is 1. The van der Waals surface area contributed by atoms with Crippen LogP contribution in [0.1, 0.15) is 32.1 Å². The van der Waals surface area contributed by atoms with Crippen molar-refractivity contribution in [1.82, 2.24) is 15.5 Å². The lowest BCUT2D eigenvalue weighted by Crippen LogP contribution is -2.47. The molecule has 1 aliphatic rings. The fourth-order valence-electron chi connectivity index (χ4n) is 2.77. The number of hydrogen-bond donors (Lipinski definition) is 2. The number of nitrogens with one attached hydrogen (secondary N) is 2. The Kier molecular flexibility index (Phi) is 6.34. The van der Waals surface area contributed by atoms with Crippen LogP contribution in [0.4, 0.5) is 0 Å². The molecule has 0 saturated heterocycles. The molecule has 1 rings (SSSR count). The van der Waals surface area contributed by atoms with Gasteiger partial charge in [-0.2, -0.15) is 0 Å². The molecule has 4 nitrogen and oxygen atoms in total. The molecular formula is C13H28N4. The number of hydrogen-bond acceptors (Lipinski definition) is 2. The van der Waals surface area contributed by atoms with E-state index in [1.54, 1.807) is 0 Å². The van der Waals surface area contributed by atoms with Crippen LogP contribution in [0.15, 0.2) is 4.99 Å². The summed E-state index contributed by atoms with van der Waals surface area (Å²) in [5.74, 6) is 1.72. The van der Waals surface area contributed by atoms with E-state index in [9.17, 15) is 0 Å². The van der Waals surface area contributed by atoms with Gasteiger partial charge < -0.3 is 15.5 Å². The Labute approximate surface area is 106 Å². The zero-order valence-electron chi connectivity index (χ0n) is 11.8. The Balaban J connectivity index is 2.47. The fourth-order valence-corrected chi connectivity index (χ4v) is 2.77. The van der Waals surface area contributed by atoms with E-state index in [0.29, 0.717) is 6.04 Å². The third kappa shape index (κ3) is 4.54. The summed E-state index contributed by atoms with van der Waals surface area (Å²) >= 11 is 0. The van der Waals surface area contributed by atoms with Crippen molar-refractivity contribution < 1.29 is 0 Å². The van der Waals surface area contributed by atoms with Crippen LogP contribution in [-0.4, -0.2) is 51.6 Å². The van der Waals surface area contributed by atoms with Crippen molar-refractivity contribution in [2.75, 3.05) is 34.7 Å². The maximum atomic E-state index is 4.16. The molecule has 1 aliphatic carbocycles. The lowest BCUT2D eigenvalue weighted by molar-refractivity contribution is 0.171. The van der Waals surface area contributed by atoms with Crippen LogP contribution in [0.25, 0.3) is 0 Å². The third-order valence-corrected chi connectivity index (χ3v) is 3.80.